The second-order valence-corrected chi connectivity index (χ2v) is 7.16. The normalized spacial score (nSPS) is 13.6. The van der Waals surface area contributed by atoms with Crippen LogP contribution in [0.25, 0.3) is 0 Å². The highest BCUT2D eigenvalue weighted by molar-refractivity contribution is 7.89. The van der Waals surface area contributed by atoms with Crippen LogP contribution in [-0.2, 0) is 16.6 Å². The van der Waals surface area contributed by atoms with E-state index in [2.05, 4.69) is 5.32 Å². The molecule has 0 saturated heterocycles. The summed E-state index contributed by atoms with van der Waals surface area (Å²) in [6.07, 6.45) is 1.67. The zero-order valence-electron chi connectivity index (χ0n) is 13.2. The summed E-state index contributed by atoms with van der Waals surface area (Å²) in [6.45, 7) is 6.94. The van der Waals surface area contributed by atoms with Crippen LogP contribution in [0.3, 0.4) is 0 Å². The minimum Gasteiger partial charge on any atom is -0.313 e. The summed E-state index contributed by atoms with van der Waals surface area (Å²) in [7, 11) is -2.14. The van der Waals surface area contributed by atoms with Crippen LogP contribution in [0.5, 0.6) is 0 Å². The van der Waals surface area contributed by atoms with Gasteiger partial charge in [-0.25, -0.2) is 12.8 Å². The lowest BCUT2D eigenvalue weighted by molar-refractivity contribution is 0.368. The van der Waals surface area contributed by atoms with Crippen molar-refractivity contribution in [3.05, 3.63) is 29.6 Å². The van der Waals surface area contributed by atoms with Gasteiger partial charge < -0.3 is 5.32 Å². The number of nitrogens with one attached hydrogen (secondary N) is 1. The van der Waals surface area contributed by atoms with E-state index in [0.717, 1.165) is 25.5 Å². The van der Waals surface area contributed by atoms with Crippen LogP contribution in [0.15, 0.2) is 23.1 Å². The molecule has 0 amide bonds. The van der Waals surface area contributed by atoms with Gasteiger partial charge in [-0.05, 0) is 37.6 Å². The lowest BCUT2D eigenvalue weighted by Crippen LogP contribution is -2.35. The van der Waals surface area contributed by atoms with E-state index in [1.54, 1.807) is 7.05 Å². The van der Waals surface area contributed by atoms with Crippen molar-refractivity contribution in [2.45, 2.75) is 51.1 Å². The van der Waals surface area contributed by atoms with Crippen LogP contribution in [0, 0.1) is 5.82 Å². The molecule has 0 heterocycles. The second kappa shape index (κ2) is 7.87. The van der Waals surface area contributed by atoms with E-state index in [1.807, 2.05) is 20.8 Å². The first-order valence-electron chi connectivity index (χ1n) is 7.31. The van der Waals surface area contributed by atoms with Gasteiger partial charge in [-0.3, -0.25) is 0 Å². The van der Waals surface area contributed by atoms with Crippen molar-refractivity contribution < 1.29 is 12.8 Å². The van der Waals surface area contributed by atoms with Crippen LogP contribution in [0.2, 0.25) is 0 Å². The molecule has 0 saturated carbocycles. The molecule has 1 aromatic carbocycles. The Hall–Kier alpha value is -0.980. The molecule has 0 spiro atoms. The Kier molecular flexibility index (Phi) is 6.77. The monoisotopic (exact) mass is 316 g/mol. The van der Waals surface area contributed by atoms with Crippen molar-refractivity contribution in [1.29, 1.82) is 0 Å². The van der Waals surface area contributed by atoms with Crippen molar-refractivity contribution in [2.75, 3.05) is 13.6 Å². The van der Waals surface area contributed by atoms with Crippen LogP contribution in [0.4, 0.5) is 4.39 Å². The molecule has 0 radical (unpaired) electrons. The maximum Gasteiger partial charge on any atom is 0.243 e. The number of halogens is 1. The maximum absolute atomic E-state index is 13.5. The number of rotatable bonds is 8. The van der Waals surface area contributed by atoms with Crippen molar-refractivity contribution in [3.63, 3.8) is 0 Å². The topological polar surface area (TPSA) is 49.4 Å². The third kappa shape index (κ3) is 4.49. The van der Waals surface area contributed by atoms with E-state index in [4.69, 9.17) is 0 Å². The van der Waals surface area contributed by atoms with E-state index in [0.29, 0.717) is 12.1 Å². The summed E-state index contributed by atoms with van der Waals surface area (Å²) in [5.41, 5.74) is 0.591. The van der Waals surface area contributed by atoms with Crippen molar-refractivity contribution >= 4 is 10.0 Å². The minimum atomic E-state index is -3.69. The van der Waals surface area contributed by atoms with E-state index >= 15 is 0 Å². The molecule has 1 atom stereocenters. The highest BCUT2D eigenvalue weighted by Gasteiger charge is 2.27. The fraction of sp³-hybridized carbons (Fsp3) is 0.600. The predicted octanol–water partition coefficient (Wildman–Crippen LogP) is 2.74. The van der Waals surface area contributed by atoms with Gasteiger partial charge in [-0.15, -0.1) is 0 Å². The van der Waals surface area contributed by atoms with Gasteiger partial charge in [0.25, 0.3) is 0 Å². The number of benzene rings is 1. The van der Waals surface area contributed by atoms with Crippen molar-refractivity contribution in [1.82, 2.24) is 9.62 Å². The van der Waals surface area contributed by atoms with Gasteiger partial charge in [-0.1, -0.05) is 26.3 Å². The van der Waals surface area contributed by atoms with E-state index in [9.17, 15) is 12.8 Å². The van der Waals surface area contributed by atoms with Crippen LogP contribution >= 0.6 is 0 Å². The molecule has 4 nitrogen and oxygen atoms in total. The summed E-state index contributed by atoms with van der Waals surface area (Å²) in [4.78, 5) is 0.0499. The van der Waals surface area contributed by atoms with Crippen molar-refractivity contribution in [3.8, 4) is 0 Å². The molecule has 1 N–H and O–H groups in total. The smallest absolute Gasteiger partial charge is 0.243 e. The highest BCUT2D eigenvalue weighted by atomic mass is 32.2. The summed E-state index contributed by atoms with van der Waals surface area (Å²) >= 11 is 0. The molecular formula is C15H25FN2O2S. The molecule has 1 unspecified atom stereocenters. The lowest BCUT2D eigenvalue weighted by Gasteiger charge is -2.25. The summed E-state index contributed by atoms with van der Waals surface area (Å²) in [6, 6.07) is 3.82. The van der Waals surface area contributed by atoms with Crippen LogP contribution in [-0.4, -0.2) is 32.4 Å². The standard InChI is InChI=1S/C15H25FN2O2S/c1-5-7-12(3)18(4)21(19,20)15-10-14(16)9-8-13(15)11-17-6-2/h8-10,12,17H,5-7,11H2,1-4H3. The van der Waals surface area contributed by atoms with Gasteiger partial charge in [0.15, 0.2) is 0 Å². The predicted molar refractivity (Wildman–Crippen MR) is 83.1 cm³/mol. The molecular weight excluding hydrogens is 291 g/mol. The Morgan fingerprint density at radius 1 is 1.33 bits per heavy atom. The highest BCUT2D eigenvalue weighted by Crippen LogP contribution is 2.23. The molecule has 21 heavy (non-hydrogen) atoms. The lowest BCUT2D eigenvalue weighted by atomic mass is 10.2. The Morgan fingerprint density at radius 2 is 2.00 bits per heavy atom. The van der Waals surface area contributed by atoms with Gasteiger partial charge in [-0.2, -0.15) is 4.31 Å². The Labute approximate surface area is 127 Å². The molecule has 0 bridgehead atoms. The zero-order chi connectivity index (χ0) is 16.0. The maximum atomic E-state index is 13.5. The van der Waals surface area contributed by atoms with Crippen molar-refractivity contribution in [2.24, 2.45) is 0 Å². The Morgan fingerprint density at radius 3 is 2.57 bits per heavy atom. The molecule has 1 rings (SSSR count). The molecule has 0 aromatic heterocycles. The fourth-order valence-corrected chi connectivity index (χ4v) is 3.79. The zero-order valence-corrected chi connectivity index (χ0v) is 14.0. The SMILES string of the molecule is CCCC(C)N(C)S(=O)(=O)c1cc(F)ccc1CNCC. The second-order valence-electron chi connectivity index (χ2n) is 5.19. The summed E-state index contributed by atoms with van der Waals surface area (Å²) in [5, 5.41) is 3.08. The molecule has 0 aliphatic heterocycles. The third-order valence-corrected chi connectivity index (χ3v) is 5.63. The minimum absolute atomic E-state index is 0.0499. The van der Waals surface area contributed by atoms with Gasteiger partial charge in [0.05, 0.1) is 4.90 Å². The summed E-state index contributed by atoms with van der Waals surface area (Å²) < 4.78 is 40.3. The third-order valence-electron chi connectivity index (χ3n) is 3.58. The number of sulfonamides is 1. The average molecular weight is 316 g/mol. The first-order chi connectivity index (χ1) is 9.84. The molecule has 0 fully saturated rings. The van der Waals surface area contributed by atoms with E-state index in [1.165, 1.54) is 16.4 Å². The molecule has 0 aliphatic rings. The van der Waals surface area contributed by atoms with Gasteiger partial charge in [0.2, 0.25) is 10.0 Å². The molecule has 6 heteroatoms. The number of nitrogens with zero attached hydrogens (tertiary/aromatic N) is 1. The average Bonchev–Trinajstić information content (AvgIpc) is 2.45. The van der Waals surface area contributed by atoms with Crippen LogP contribution < -0.4 is 5.32 Å². The number of hydrogen-bond acceptors (Lipinski definition) is 3. The summed E-state index contributed by atoms with van der Waals surface area (Å²) in [5.74, 6) is -0.537. The number of hydrogen-bond donors (Lipinski definition) is 1. The Bertz CT molecular complexity index is 561. The molecule has 120 valence electrons. The first kappa shape index (κ1) is 18.1. The molecule has 0 aliphatic carbocycles. The quantitative estimate of drug-likeness (QED) is 0.802. The van der Waals surface area contributed by atoms with Gasteiger partial charge in [0.1, 0.15) is 5.82 Å². The molecule has 1 aromatic rings. The first-order valence-corrected chi connectivity index (χ1v) is 8.75. The Balaban J connectivity index is 3.19. The van der Waals surface area contributed by atoms with Crippen LogP contribution in [0.1, 0.15) is 39.2 Å². The van der Waals surface area contributed by atoms with Gasteiger partial charge >= 0.3 is 0 Å². The van der Waals surface area contributed by atoms with E-state index < -0.39 is 15.8 Å². The van der Waals surface area contributed by atoms with Gasteiger partial charge in [0, 0.05) is 19.6 Å². The largest absolute Gasteiger partial charge is 0.313 e. The van der Waals surface area contributed by atoms with E-state index in [-0.39, 0.29) is 10.9 Å². The fourth-order valence-electron chi connectivity index (χ4n) is 2.17.